The van der Waals surface area contributed by atoms with E-state index in [1.807, 2.05) is 24.3 Å². The van der Waals surface area contributed by atoms with E-state index in [4.69, 9.17) is 22.9 Å². The number of aromatic nitrogens is 2. The number of pyridine rings is 1. The third kappa shape index (κ3) is 21.0. The molecule has 3 heterocycles. The molecule has 2 aromatic heterocycles. The van der Waals surface area contributed by atoms with Crippen LogP contribution in [0.25, 0.3) is 10.9 Å². The number of aliphatic hydroxyl groups excluding tert-OH is 1. The normalized spacial score (nSPS) is 16.2. The van der Waals surface area contributed by atoms with Crippen LogP contribution >= 0.6 is 0 Å². The summed E-state index contributed by atoms with van der Waals surface area (Å²) in [7, 11) is 1.48. The molecule has 89 heavy (non-hydrogen) atoms. The molecule has 0 spiro atoms. The predicted octanol–water partition coefficient (Wildman–Crippen LogP) is -2.33. The van der Waals surface area contributed by atoms with Crippen LogP contribution in [0.15, 0.2) is 115 Å². The first-order valence-corrected chi connectivity index (χ1v) is 28.9. The fourth-order valence-corrected chi connectivity index (χ4v) is 9.99. The van der Waals surface area contributed by atoms with Crippen LogP contribution < -0.4 is 71.0 Å². The molecule has 5 aromatic rings. The van der Waals surface area contributed by atoms with E-state index in [0.717, 1.165) is 15.8 Å². The molecular weight excluding hydrogens is 1150 g/mol. The highest BCUT2D eigenvalue weighted by molar-refractivity contribution is 5.99. The summed E-state index contributed by atoms with van der Waals surface area (Å²) in [5.74, 6) is -8.08. The molecule has 0 bridgehead atoms. The number of nitrogens with zero attached hydrogens (tertiary/aromatic N) is 3. The van der Waals surface area contributed by atoms with Crippen molar-refractivity contribution in [3.63, 3.8) is 0 Å². The summed E-state index contributed by atoms with van der Waals surface area (Å²) in [4.78, 5) is 150. The maximum atomic E-state index is 14.5. The van der Waals surface area contributed by atoms with Gasteiger partial charge in [0.1, 0.15) is 48.0 Å². The molecule has 1 aliphatic rings. The highest BCUT2D eigenvalue weighted by Gasteiger charge is 2.43. The number of para-hydroxylation sites is 1. The topological polar surface area (TPSA) is 468 Å². The lowest BCUT2D eigenvalue weighted by molar-refractivity contribution is -0.143. The smallest absolute Gasteiger partial charge is 0.334 e. The van der Waals surface area contributed by atoms with Gasteiger partial charge in [-0.15, -0.1) is 0 Å². The molecule has 1 unspecified atom stereocenters. The average Bonchev–Trinajstić information content (AvgIpc) is 2.43. The lowest BCUT2D eigenvalue weighted by Gasteiger charge is -2.30. The van der Waals surface area contributed by atoms with Crippen molar-refractivity contribution in [3.05, 3.63) is 132 Å². The number of aliphatic imine (C=N–C) groups is 1. The van der Waals surface area contributed by atoms with E-state index in [0.29, 0.717) is 22.3 Å². The summed E-state index contributed by atoms with van der Waals surface area (Å²) in [5, 5.41) is 40.0. The number of rotatable bonds is 30. The first-order chi connectivity index (χ1) is 42.5. The number of carbonyl (C=O) groups excluding carboxylic acids is 10. The van der Waals surface area contributed by atoms with Gasteiger partial charge in [0.25, 0.3) is 5.91 Å². The van der Waals surface area contributed by atoms with Crippen LogP contribution in [0, 0.1) is 5.92 Å². The standard InChI is InChI=1S/C60H79N17O12/c1-33(2)24-45(54(84)69-43(14-9-21-67-59(64)65-3)53(83)70-44(51(63)81)28-37-31-68-42-13-8-7-12-40(37)42)74-60(89)76-75-56(86)47(26-34-10-5-4-6-11-34)72-57(87)49-29-39(79)32-77(49)58(88)48(30-50(62)80)73-55(85)46(27-36-19-22-66-23-20-36)71-52(82)41(61)25-35-15-17-38(78)18-16-35/h4-8,10-13,15-20,22-23,31,33,39,41,43-49,68,78-79H,9,14,21,24-30,32,61H2,1-3H3,(H2,62,80)(H2,63,81)(H,69,84)(H,70,83)(H,71,82)(H,72,87)(H,73,85)(H,75,86)(H3,64,65,67)(H2,74,76,89)/t39?,41-,43+,44+,45+,46-,47+,48+,49+/m1/s1. The number of likely N-dealkylation sites (tertiary alicyclic amines) is 1. The molecule has 476 valence electrons. The summed E-state index contributed by atoms with van der Waals surface area (Å²) in [6, 6.07) is 12.8. The number of aromatic hydroxyl groups is 1. The van der Waals surface area contributed by atoms with Gasteiger partial charge in [-0.3, -0.25) is 58.6 Å². The zero-order valence-corrected chi connectivity index (χ0v) is 49.6. The zero-order valence-electron chi connectivity index (χ0n) is 49.6. The summed E-state index contributed by atoms with van der Waals surface area (Å²) in [6.45, 7) is 3.35. The van der Waals surface area contributed by atoms with Gasteiger partial charge in [0, 0.05) is 75.3 Å². The van der Waals surface area contributed by atoms with Crippen molar-refractivity contribution in [1.82, 2.24) is 62.9 Å². The van der Waals surface area contributed by atoms with Gasteiger partial charge in [-0.2, -0.15) is 0 Å². The van der Waals surface area contributed by atoms with E-state index >= 15 is 0 Å². The van der Waals surface area contributed by atoms with Gasteiger partial charge >= 0.3 is 6.03 Å². The Balaban J connectivity index is 1.14. The van der Waals surface area contributed by atoms with Crippen molar-refractivity contribution >= 4 is 76.1 Å². The Labute approximate surface area is 513 Å². The minimum Gasteiger partial charge on any atom is -0.508 e. The number of benzene rings is 3. The number of fused-ring (bicyclic) bond motifs is 1. The second kappa shape index (κ2) is 33.1. The molecule has 1 fully saturated rings. The van der Waals surface area contributed by atoms with Gasteiger partial charge in [0.05, 0.1) is 18.6 Å². The molecule has 1 aliphatic heterocycles. The Morgan fingerprint density at radius 1 is 0.663 bits per heavy atom. The molecule has 0 radical (unpaired) electrons. The van der Waals surface area contributed by atoms with E-state index in [9.17, 15) is 58.2 Å². The monoisotopic (exact) mass is 1230 g/mol. The number of phenolic OH excluding ortho intramolecular Hbond substituents is 1. The molecule has 3 aromatic carbocycles. The van der Waals surface area contributed by atoms with Crippen LogP contribution in [0.3, 0.4) is 0 Å². The fraction of sp³-hybridized carbons (Fsp3) is 0.400. The molecule has 0 aliphatic carbocycles. The van der Waals surface area contributed by atoms with Gasteiger partial charge in [-0.1, -0.05) is 74.5 Å². The molecular formula is C60H79N17O12. The van der Waals surface area contributed by atoms with Gasteiger partial charge in [-0.25, -0.2) is 10.2 Å². The highest BCUT2D eigenvalue weighted by Crippen LogP contribution is 2.22. The number of aromatic amines is 1. The number of nitrogens with two attached hydrogens (primary N) is 4. The van der Waals surface area contributed by atoms with E-state index in [-0.39, 0.29) is 75.5 Å². The molecule has 1 saturated heterocycles. The van der Waals surface area contributed by atoms with E-state index in [1.54, 1.807) is 74.6 Å². The highest BCUT2D eigenvalue weighted by atomic mass is 16.3. The number of guanidine groups is 1. The molecule has 11 amide bonds. The first-order valence-electron chi connectivity index (χ1n) is 28.9. The third-order valence-electron chi connectivity index (χ3n) is 14.6. The van der Waals surface area contributed by atoms with E-state index < -0.39 is 127 Å². The summed E-state index contributed by atoms with van der Waals surface area (Å²) >= 11 is 0. The largest absolute Gasteiger partial charge is 0.508 e. The summed E-state index contributed by atoms with van der Waals surface area (Å²) in [5.41, 5.74) is 31.1. The number of phenols is 1. The summed E-state index contributed by atoms with van der Waals surface area (Å²) in [6.07, 6.45) is 2.27. The maximum absolute atomic E-state index is 14.5. The minimum absolute atomic E-state index is 0.00259. The number of primary amides is 2. The number of H-pyrrole nitrogens is 1. The zero-order chi connectivity index (χ0) is 64.7. The minimum atomic E-state index is -1.74. The number of β-amino-alcohol motifs (C(OH)–C–C–N with tert-alkyl or cyclic N) is 1. The number of aliphatic hydroxyl groups is 1. The number of hydrogen-bond acceptors (Lipinski definition) is 15. The van der Waals surface area contributed by atoms with Gasteiger partial charge < -0.3 is 80.2 Å². The molecule has 0 saturated carbocycles. The van der Waals surface area contributed by atoms with Gasteiger partial charge in [0.15, 0.2) is 5.96 Å². The van der Waals surface area contributed by atoms with Crippen LogP contribution in [0.5, 0.6) is 5.75 Å². The Morgan fingerprint density at radius 2 is 1.26 bits per heavy atom. The Bertz CT molecular complexity index is 3290. The van der Waals surface area contributed by atoms with Gasteiger partial charge in [0.2, 0.25) is 47.3 Å². The van der Waals surface area contributed by atoms with Crippen molar-refractivity contribution in [2.45, 2.75) is 126 Å². The maximum Gasteiger partial charge on any atom is 0.334 e. The van der Waals surface area contributed by atoms with Crippen LogP contribution in [-0.2, 0) is 68.8 Å². The molecule has 29 heteroatoms. The number of urea groups is 1. The lowest BCUT2D eigenvalue weighted by Crippen LogP contribution is -2.61. The first kappa shape index (κ1) is 68.0. The van der Waals surface area contributed by atoms with Crippen molar-refractivity contribution in [2.24, 2.45) is 33.8 Å². The van der Waals surface area contributed by atoms with E-state index in [2.05, 4.69) is 63.0 Å². The number of carbonyl (C=O) groups is 10. The second-order valence-corrected chi connectivity index (χ2v) is 22.0. The summed E-state index contributed by atoms with van der Waals surface area (Å²) < 4.78 is 0. The molecule has 6 rings (SSSR count). The second-order valence-electron chi connectivity index (χ2n) is 22.0. The average molecular weight is 1230 g/mol. The molecule has 20 N–H and O–H groups in total. The van der Waals surface area contributed by atoms with Crippen molar-refractivity contribution in [1.29, 1.82) is 0 Å². The van der Waals surface area contributed by atoms with Crippen LogP contribution in [0.1, 0.15) is 68.2 Å². The fourth-order valence-electron chi connectivity index (χ4n) is 9.99. The van der Waals surface area contributed by atoms with Crippen LogP contribution in [-0.4, -0.2) is 165 Å². The van der Waals surface area contributed by atoms with Crippen molar-refractivity contribution in [3.8, 4) is 5.75 Å². The number of amides is 11. The Kier molecular flexibility index (Phi) is 25.3. The number of nitrogens with one attached hydrogen (secondary N) is 10. The van der Waals surface area contributed by atoms with Crippen molar-refractivity contribution in [2.75, 3.05) is 20.1 Å². The van der Waals surface area contributed by atoms with Crippen LogP contribution in [0.2, 0.25) is 0 Å². The van der Waals surface area contributed by atoms with Gasteiger partial charge in [-0.05, 0) is 84.2 Å². The van der Waals surface area contributed by atoms with Crippen molar-refractivity contribution < 1.29 is 58.2 Å². The number of hydrogen-bond donors (Lipinski definition) is 16. The molecule has 9 atom stereocenters. The quantitative estimate of drug-likeness (QED) is 0.00993. The van der Waals surface area contributed by atoms with E-state index in [1.165, 1.54) is 31.6 Å². The third-order valence-corrected chi connectivity index (χ3v) is 14.6. The SMILES string of the molecule is CN=C(N)NCCC[C@H](NC(=O)[C@H](CC(C)C)NC(=O)NNC(=O)[C@H](Cc1ccccc1)NC(=O)[C@@H]1CC(O)CN1C(=O)[C@H](CC(N)=O)NC(=O)[C@@H](Cc1ccncc1)NC(=O)[C@H](N)Cc1ccc(O)cc1)C(=O)N[C@@H](Cc1c[nH]c2ccccc12)C(N)=O. The van der Waals surface area contributed by atoms with Crippen LogP contribution in [0.4, 0.5) is 4.79 Å². The Morgan fingerprint density at radius 3 is 1.92 bits per heavy atom. The Hall–Kier alpha value is -10.2. The molecule has 29 nitrogen and oxygen atoms in total. The lowest BCUT2D eigenvalue weighted by atomic mass is 10.0. The number of hydrazine groups is 1. The predicted molar refractivity (Wildman–Crippen MR) is 326 cm³/mol.